The van der Waals surface area contributed by atoms with Crippen LogP contribution in [0, 0.1) is 12.8 Å². The minimum Gasteiger partial charge on any atom is -0.462 e. The average molecular weight is 306 g/mol. The molecule has 6 heteroatoms. The molecule has 2 aromatic rings. The van der Waals surface area contributed by atoms with E-state index in [1.165, 1.54) is 11.3 Å². The van der Waals surface area contributed by atoms with E-state index in [0.717, 1.165) is 29.1 Å². The first-order chi connectivity index (χ1) is 10.1. The van der Waals surface area contributed by atoms with Crippen molar-refractivity contribution in [1.82, 2.24) is 10.3 Å². The van der Waals surface area contributed by atoms with Gasteiger partial charge in [-0.3, -0.25) is 4.79 Å². The fraction of sp³-hybridized carbons (Fsp3) is 0.467. The summed E-state index contributed by atoms with van der Waals surface area (Å²) in [6.45, 7) is 2.49. The smallest absolute Gasteiger partial charge is 0.271 e. The Balaban J connectivity index is 1.65. The summed E-state index contributed by atoms with van der Waals surface area (Å²) >= 11 is 1.45. The second kappa shape index (κ2) is 5.99. The van der Waals surface area contributed by atoms with Gasteiger partial charge in [-0.15, -0.1) is 11.3 Å². The topological polar surface area (TPSA) is 75.4 Å². The summed E-state index contributed by atoms with van der Waals surface area (Å²) in [5.41, 5.74) is 0.463. The fourth-order valence-corrected chi connectivity index (χ4v) is 3.55. The number of amides is 1. The molecule has 1 amide bonds. The number of nitrogens with one attached hydrogen (secondary N) is 1. The van der Waals surface area contributed by atoms with E-state index in [2.05, 4.69) is 10.3 Å². The highest BCUT2D eigenvalue weighted by molar-refractivity contribution is 7.15. The molecule has 2 N–H and O–H groups in total. The molecule has 5 nitrogen and oxygen atoms in total. The van der Waals surface area contributed by atoms with E-state index >= 15 is 0 Å². The number of carbonyl (C=O) groups is 1. The maximum Gasteiger partial charge on any atom is 0.271 e. The highest BCUT2D eigenvalue weighted by atomic mass is 32.1. The summed E-state index contributed by atoms with van der Waals surface area (Å²) in [7, 11) is 0. The first-order valence-electron chi connectivity index (χ1n) is 7.11. The summed E-state index contributed by atoms with van der Waals surface area (Å²) in [6, 6.07) is 3.64. The average Bonchev–Trinajstić information content (AvgIpc) is 3.16. The van der Waals surface area contributed by atoms with Crippen molar-refractivity contribution in [3.05, 3.63) is 29.0 Å². The summed E-state index contributed by atoms with van der Waals surface area (Å²) in [6.07, 6.45) is 3.96. The Bertz CT molecular complexity index is 621. The van der Waals surface area contributed by atoms with Crippen LogP contribution in [-0.2, 0) is 0 Å². The molecule has 0 saturated heterocycles. The van der Waals surface area contributed by atoms with Gasteiger partial charge in [-0.1, -0.05) is 0 Å². The minimum atomic E-state index is -0.210. The molecule has 0 bridgehead atoms. The molecule has 21 heavy (non-hydrogen) atoms. The van der Waals surface area contributed by atoms with E-state index in [1.807, 2.05) is 13.0 Å². The predicted molar refractivity (Wildman–Crippen MR) is 80.2 cm³/mol. The van der Waals surface area contributed by atoms with Crippen molar-refractivity contribution in [2.45, 2.75) is 32.3 Å². The summed E-state index contributed by atoms with van der Waals surface area (Å²) < 4.78 is 5.31. The van der Waals surface area contributed by atoms with E-state index < -0.39 is 0 Å². The molecule has 3 rings (SSSR count). The second-order valence-electron chi connectivity index (χ2n) is 5.44. The molecule has 2 unspecified atom stereocenters. The van der Waals surface area contributed by atoms with Crippen LogP contribution in [-0.4, -0.2) is 28.6 Å². The van der Waals surface area contributed by atoms with Gasteiger partial charge in [0, 0.05) is 11.4 Å². The quantitative estimate of drug-likeness (QED) is 0.910. The van der Waals surface area contributed by atoms with Gasteiger partial charge in [0.05, 0.1) is 12.4 Å². The highest BCUT2D eigenvalue weighted by Gasteiger charge is 2.24. The third-order valence-corrected chi connectivity index (χ3v) is 4.79. The molecule has 0 aliphatic heterocycles. The van der Waals surface area contributed by atoms with Crippen molar-refractivity contribution < 1.29 is 14.3 Å². The summed E-state index contributed by atoms with van der Waals surface area (Å²) in [5.74, 6) is 0.899. The van der Waals surface area contributed by atoms with Gasteiger partial charge >= 0.3 is 0 Å². The van der Waals surface area contributed by atoms with Crippen molar-refractivity contribution in [1.29, 1.82) is 0 Å². The van der Waals surface area contributed by atoms with E-state index in [1.54, 1.807) is 12.3 Å². The number of nitrogens with zero attached hydrogens (tertiary/aromatic N) is 1. The van der Waals surface area contributed by atoms with Gasteiger partial charge in [-0.25, -0.2) is 4.98 Å². The Kier molecular flexibility index (Phi) is 4.07. The van der Waals surface area contributed by atoms with Crippen LogP contribution in [0.4, 0.5) is 0 Å². The van der Waals surface area contributed by atoms with E-state index in [9.17, 15) is 9.90 Å². The maximum atomic E-state index is 12.2. The Morgan fingerprint density at radius 1 is 1.57 bits per heavy atom. The van der Waals surface area contributed by atoms with Crippen molar-refractivity contribution in [2.24, 2.45) is 5.92 Å². The molecule has 112 valence electrons. The largest absolute Gasteiger partial charge is 0.462 e. The molecule has 1 aliphatic rings. The van der Waals surface area contributed by atoms with E-state index in [4.69, 9.17) is 4.42 Å². The van der Waals surface area contributed by atoms with Crippen LogP contribution >= 0.6 is 11.3 Å². The molecule has 1 fully saturated rings. The van der Waals surface area contributed by atoms with Gasteiger partial charge in [0.15, 0.2) is 10.8 Å². The fourth-order valence-electron chi connectivity index (χ4n) is 2.67. The van der Waals surface area contributed by atoms with Gasteiger partial charge in [0.25, 0.3) is 5.91 Å². The monoisotopic (exact) mass is 306 g/mol. The van der Waals surface area contributed by atoms with Crippen LogP contribution in [0.15, 0.2) is 22.8 Å². The van der Waals surface area contributed by atoms with Gasteiger partial charge < -0.3 is 14.8 Å². The number of rotatable bonds is 4. The number of carbonyl (C=O) groups excluding carboxylic acids is 1. The van der Waals surface area contributed by atoms with Crippen molar-refractivity contribution in [2.75, 3.05) is 6.54 Å². The first-order valence-corrected chi connectivity index (χ1v) is 7.92. The SMILES string of the molecule is Cc1sc(-c2ccco2)nc1C(=O)NCC1CCC(O)C1. The maximum absolute atomic E-state index is 12.2. The lowest BCUT2D eigenvalue weighted by molar-refractivity contribution is 0.0940. The van der Waals surface area contributed by atoms with Crippen molar-refractivity contribution in [3.8, 4) is 10.8 Å². The number of aryl methyl sites for hydroxylation is 1. The Morgan fingerprint density at radius 2 is 2.43 bits per heavy atom. The number of hydrogen-bond acceptors (Lipinski definition) is 5. The normalized spacial score (nSPS) is 21.6. The number of aliphatic hydroxyl groups excluding tert-OH is 1. The molecule has 1 saturated carbocycles. The molecule has 2 heterocycles. The molecule has 2 atom stereocenters. The molecule has 0 spiro atoms. The first kappa shape index (κ1) is 14.3. The number of furan rings is 1. The minimum absolute atomic E-state index is 0.150. The van der Waals surface area contributed by atoms with Crippen LogP contribution < -0.4 is 5.32 Å². The molecule has 2 aromatic heterocycles. The van der Waals surface area contributed by atoms with Gasteiger partial charge in [-0.2, -0.15) is 0 Å². The molecule has 0 aromatic carbocycles. The molecule has 0 radical (unpaired) electrons. The Hall–Kier alpha value is -1.66. The van der Waals surface area contributed by atoms with E-state index in [0.29, 0.717) is 23.9 Å². The van der Waals surface area contributed by atoms with Crippen LogP contribution in [0.2, 0.25) is 0 Å². The Morgan fingerprint density at radius 3 is 3.10 bits per heavy atom. The van der Waals surface area contributed by atoms with Crippen LogP contribution in [0.5, 0.6) is 0 Å². The predicted octanol–water partition coefficient (Wildman–Crippen LogP) is 2.60. The standard InChI is InChI=1S/C15H18N2O3S/c1-9-13(17-15(21-9)12-3-2-6-20-12)14(19)16-8-10-4-5-11(18)7-10/h2-3,6,10-11,18H,4-5,7-8H2,1H3,(H,16,19). The molecular weight excluding hydrogens is 288 g/mol. The van der Waals surface area contributed by atoms with Gasteiger partial charge in [0.1, 0.15) is 5.69 Å². The zero-order chi connectivity index (χ0) is 14.8. The highest BCUT2D eigenvalue weighted by Crippen LogP contribution is 2.28. The van der Waals surface area contributed by atoms with Crippen molar-refractivity contribution in [3.63, 3.8) is 0 Å². The van der Waals surface area contributed by atoms with Crippen LogP contribution in [0.3, 0.4) is 0 Å². The zero-order valence-corrected chi connectivity index (χ0v) is 12.7. The van der Waals surface area contributed by atoms with Crippen LogP contribution in [0.1, 0.15) is 34.6 Å². The molecule has 1 aliphatic carbocycles. The molecular formula is C15H18N2O3S. The number of aromatic nitrogens is 1. The lowest BCUT2D eigenvalue weighted by Gasteiger charge is -2.10. The zero-order valence-electron chi connectivity index (χ0n) is 11.8. The lowest BCUT2D eigenvalue weighted by atomic mass is 10.1. The van der Waals surface area contributed by atoms with E-state index in [-0.39, 0.29) is 12.0 Å². The summed E-state index contributed by atoms with van der Waals surface area (Å²) in [4.78, 5) is 17.5. The van der Waals surface area contributed by atoms with Crippen molar-refractivity contribution >= 4 is 17.2 Å². The van der Waals surface area contributed by atoms with Crippen LogP contribution in [0.25, 0.3) is 10.8 Å². The third-order valence-electron chi connectivity index (χ3n) is 3.81. The lowest BCUT2D eigenvalue weighted by Crippen LogP contribution is -2.29. The van der Waals surface area contributed by atoms with Gasteiger partial charge in [-0.05, 0) is 44.2 Å². The number of aliphatic hydroxyl groups is 1. The van der Waals surface area contributed by atoms with Gasteiger partial charge in [0.2, 0.25) is 0 Å². The third kappa shape index (κ3) is 3.16. The number of hydrogen-bond donors (Lipinski definition) is 2. The summed E-state index contributed by atoms with van der Waals surface area (Å²) in [5, 5.41) is 13.1. The number of thiazole rings is 1. The Labute approximate surface area is 127 Å². The second-order valence-corrected chi connectivity index (χ2v) is 6.65.